The Labute approximate surface area is 129 Å². The minimum Gasteiger partial charge on any atom is -0.497 e. The van der Waals surface area contributed by atoms with Crippen molar-refractivity contribution in [1.82, 2.24) is 5.32 Å². The predicted octanol–water partition coefficient (Wildman–Crippen LogP) is 2.90. The first kappa shape index (κ1) is 15.5. The first-order valence-electron chi connectivity index (χ1n) is 6.86. The predicted molar refractivity (Wildman–Crippen MR) is 87.0 cm³/mol. The molecule has 0 atom stereocenters. The molecule has 1 N–H and O–H groups in total. The van der Waals surface area contributed by atoms with Gasteiger partial charge in [0.2, 0.25) is 5.91 Å². The average Bonchev–Trinajstić information content (AvgIpc) is 3.03. The van der Waals surface area contributed by atoms with Crippen LogP contribution in [0.3, 0.4) is 0 Å². The molecule has 1 amide bonds. The molecule has 0 bridgehead atoms. The summed E-state index contributed by atoms with van der Waals surface area (Å²) in [4.78, 5) is 15.4. The molecule has 0 aliphatic heterocycles. The van der Waals surface area contributed by atoms with Crippen LogP contribution in [0.2, 0.25) is 0 Å². The van der Waals surface area contributed by atoms with E-state index < -0.39 is 0 Å². The second-order valence-electron chi connectivity index (χ2n) is 4.61. The molecule has 1 heterocycles. The maximum Gasteiger partial charge on any atom is 0.228 e. The van der Waals surface area contributed by atoms with Gasteiger partial charge in [-0.1, -0.05) is 6.07 Å². The number of nitrogens with one attached hydrogen (secondary N) is 1. The topological polar surface area (TPSA) is 41.6 Å². The van der Waals surface area contributed by atoms with Gasteiger partial charge >= 0.3 is 0 Å². The molecule has 0 radical (unpaired) electrons. The Bertz CT molecular complexity index is 552. The zero-order chi connectivity index (χ0) is 15.1. The molecule has 1 aromatic heterocycles. The van der Waals surface area contributed by atoms with Crippen molar-refractivity contribution in [3.8, 4) is 5.75 Å². The van der Waals surface area contributed by atoms with E-state index in [0.717, 1.165) is 11.4 Å². The minimum atomic E-state index is 0.114. The van der Waals surface area contributed by atoms with Crippen LogP contribution in [-0.4, -0.2) is 26.6 Å². The highest BCUT2D eigenvalue weighted by atomic mass is 32.1. The van der Waals surface area contributed by atoms with E-state index in [4.69, 9.17) is 4.74 Å². The fourth-order valence-electron chi connectivity index (χ4n) is 2.01. The first-order chi connectivity index (χ1) is 10.2. The smallest absolute Gasteiger partial charge is 0.228 e. The van der Waals surface area contributed by atoms with Crippen LogP contribution in [0.15, 0.2) is 41.8 Å². The highest BCUT2D eigenvalue weighted by molar-refractivity contribution is 7.09. The van der Waals surface area contributed by atoms with Crippen LogP contribution in [0, 0.1) is 0 Å². The van der Waals surface area contributed by atoms with E-state index >= 15 is 0 Å². The lowest BCUT2D eigenvalue weighted by Gasteiger charge is -2.22. The van der Waals surface area contributed by atoms with Crippen molar-refractivity contribution in [3.63, 3.8) is 0 Å². The number of carbonyl (C=O) groups is 1. The number of anilines is 1. The van der Waals surface area contributed by atoms with Crippen molar-refractivity contribution in [2.24, 2.45) is 0 Å². The quantitative estimate of drug-likeness (QED) is 0.855. The van der Waals surface area contributed by atoms with Gasteiger partial charge in [-0.3, -0.25) is 4.79 Å². The lowest BCUT2D eigenvalue weighted by atomic mass is 10.2. The number of thiophene rings is 1. The Kier molecular flexibility index (Phi) is 5.78. The number of methoxy groups -OCH3 is 1. The summed E-state index contributed by atoms with van der Waals surface area (Å²) >= 11 is 1.66. The summed E-state index contributed by atoms with van der Waals surface area (Å²) in [7, 11) is 3.49. The molecule has 0 saturated heterocycles. The van der Waals surface area contributed by atoms with Crippen molar-refractivity contribution in [1.29, 1.82) is 0 Å². The summed E-state index contributed by atoms with van der Waals surface area (Å²) in [5.74, 6) is 0.903. The van der Waals surface area contributed by atoms with E-state index in [0.29, 0.717) is 19.5 Å². The summed E-state index contributed by atoms with van der Waals surface area (Å²) in [5, 5.41) is 5.04. The molecule has 0 saturated carbocycles. The fraction of sp³-hybridized carbons (Fsp3) is 0.312. The average molecular weight is 304 g/mol. The van der Waals surface area contributed by atoms with E-state index in [2.05, 4.69) is 5.32 Å². The summed E-state index contributed by atoms with van der Waals surface area (Å²) in [6.07, 6.45) is 0.480. The van der Waals surface area contributed by atoms with Crippen LogP contribution in [0.1, 0.15) is 11.3 Å². The van der Waals surface area contributed by atoms with Crippen LogP contribution in [0.5, 0.6) is 5.75 Å². The van der Waals surface area contributed by atoms with Gasteiger partial charge < -0.3 is 15.0 Å². The molecule has 5 heteroatoms. The molecular formula is C16H20N2O2S. The van der Waals surface area contributed by atoms with Crippen molar-refractivity contribution in [2.75, 3.05) is 25.6 Å². The molecule has 0 spiro atoms. The second-order valence-corrected chi connectivity index (χ2v) is 5.64. The van der Waals surface area contributed by atoms with Gasteiger partial charge in [0.15, 0.2) is 0 Å². The Balaban J connectivity index is 2.18. The summed E-state index contributed by atoms with van der Waals surface area (Å²) in [6, 6.07) is 11.6. The maximum atomic E-state index is 12.4. The number of hydrogen-bond acceptors (Lipinski definition) is 4. The number of hydrogen-bond donors (Lipinski definition) is 1. The Morgan fingerprint density at radius 1 is 1.29 bits per heavy atom. The number of carbonyl (C=O) groups excluding carboxylic acids is 1. The third-order valence-corrected chi connectivity index (χ3v) is 4.03. The SMILES string of the molecule is CNCCC(=O)N(Cc1cccs1)c1ccc(OC)cc1. The van der Waals surface area contributed by atoms with E-state index in [1.165, 1.54) is 4.88 Å². The normalized spacial score (nSPS) is 10.4. The van der Waals surface area contributed by atoms with Gasteiger partial charge in [-0.15, -0.1) is 11.3 Å². The van der Waals surface area contributed by atoms with Gasteiger partial charge in [0, 0.05) is 23.5 Å². The van der Waals surface area contributed by atoms with E-state index in [-0.39, 0.29) is 5.91 Å². The summed E-state index contributed by atoms with van der Waals surface area (Å²) in [6.45, 7) is 1.28. The fourth-order valence-corrected chi connectivity index (χ4v) is 2.70. The number of nitrogens with zero attached hydrogens (tertiary/aromatic N) is 1. The number of amides is 1. The molecule has 0 unspecified atom stereocenters. The molecule has 4 nitrogen and oxygen atoms in total. The zero-order valence-electron chi connectivity index (χ0n) is 12.3. The molecule has 0 fully saturated rings. The lowest BCUT2D eigenvalue weighted by Crippen LogP contribution is -2.32. The monoisotopic (exact) mass is 304 g/mol. The molecule has 2 aromatic rings. The molecule has 21 heavy (non-hydrogen) atoms. The lowest BCUT2D eigenvalue weighted by molar-refractivity contribution is -0.118. The molecule has 0 aliphatic rings. The zero-order valence-corrected chi connectivity index (χ0v) is 13.2. The van der Waals surface area contributed by atoms with Gasteiger partial charge in [0.05, 0.1) is 13.7 Å². The van der Waals surface area contributed by atoms with Gasteiger partial charge in [-0.05, 0) is 42.8 Å². The Morgan fingerprint density at radius 3 is 2.62 bits per heavy atom. The van der Waals surface area contributed by atoms with Crippen LogP contribution < -0.4 is 15.0 Å². The van der Waals surface area contributed by atoms with E-state index in [1.807, 2.05) is 53.7 Å². The van der Waals surface area contributed by atoms with Crippen LogP contribution in [-0.2, 0) is 11.3 Å². The van der Waals surface area contributed by atoms with Crippen molar-refractivity contribution in [3.05, 3.63) is 46.7 Å². The third kappa shape index (κ3) is 4.31. The third-order valence-electron chi connectivity index (χ3n) is 3.17. The van der Waals surface area contributed by atoms with Crippen LogP contribution >= 0.6 is 11.3 Å². The van der Waals surface area contributed by atoms with Crippen LogP contribution in [0.4, 0.5) is 5.69 Å². The van der Waals surface area contributed by atoms with Gasteiger partial charge in [-0.25, -0.2) is 0 Å². The highest BCUT2D eigenvalue weighted by Crippen LogP contribution is 2.23. The summed E-state index contributed by atoms with van der Waals surface area (Å²) < 4.78 is 5.17. The Hall–Kier alpha value is -1.85. The van der Waals surface area contributed by atoms with Crippen LogP contribution in [0.25, 0.3) is 0 Å². The first-order valence-corrected chi connectivity index (χ1v) is 7.74. The number of rotatable bonds is 7. The number of benzene rings is 1. The summed E-state index contributed by atoms with van der Waals surface area (Å²) in [5.41, 5.74) is 0.894. The highest BCUT2D eigenvalue weighted by Gasteiger charge is 2.16. The van der Waals surface area contributed by atoms with Gasteiger partial charge in [0.25, 0.3) is 0 Å². The van der Waals surface area contributed by atoms with E-state index in [1.54, 1.807) is 18.4 Å². The largest absolute Gasteiger partial charge is 0.497 e. The maximum absolute atomic E-state index is 12.4. The number of ether oxygens (including phenoxy) is 1. The molecule has 1 aromatic carbocycles. The van der Waals surface area contributed by atoms with E-state index in [9.17, 15) is 4.79 Å². The second kappa shape index (κ2) is 7.81. The van der Waals surface area contributed by atoms with Crippen molar-refractivity contribution < 1.29 is 9.53 Å². The standard InChI is InChI=1S/C16H20N2O2S/c1-17-10-9-16(19)18(12-15-4-3-11-21-15)13-5-7-14(20-2)8-6-13/h3-8,11,17H,9-10,12H2,1-2H3. The molecule has 0 aliphatic carbocycles. The van der Waals surface area contributed by atoms with Crippen molar-refractivity contribution in [2.45, 2.75) is 13.0 Å². The Morgan fingerprint density at radius 2 is 2.05 bits per heavy atom. The molecule has 112 valence electrons. The molecular weight excluding hydrogens is 284 g/mol. The van der Waals surface area contributed by atoms with Crippen molar-refractivity contribution >= 4 is 22.9 Å². The molecule has 2 rings (SSSR count). The van der Waals surface area contributed by atoms with Gasteiger partial charge in [0.1, 0.15) is 5.75 Å². The minimum absolute atomic E-state index is 0.114. The van der Waals surface area contributed by atoms with Gasteiger partial charge in [-0.2, -0.15) is 0 Å².